The van der Waals surface area contributed by atoms with Crippen molar-refractivity contribution < 1.29 is 9.90 Å². The maximum atomic E-state index is 11.5. The number of amides is 1. The van der Waals surface area contributed by atoms with E-state index in [2.05, 4.69) is 12.6 Å². The number of carbonyl (C=O) groups excluding carboxylic acids is 1. The number of hydrogen-bond acceptors (Lipinski definition) is 3. The van der Waals surface area contributed by atoms with Gasteiger partial charge in [0.05, 0.1) is 12.6 Å². The van der Waals surface area contributed by atoms with Gasteiger partial charge in [0.25, 0.3) is 0 Å². The van der Waals surface area contributed by atoms with E-state index >= 15 is 0 Å². The van der Waals surface area contributed by atoms with Gasteiger partial charge in [0, 0.05) is 18.2 Å². The highest BCUT2D eigenvalue weighted by Gasteiger charge is 2.33. The van der Waals surface area contributed by atoms with Gasteiger partial charge in [-0.3, -0.25) is 4.79 Å². The first-order valence-corrected chi connectivity index (χ1v) is 5.16. The van der Waals surface area contributed by atoms with Crippen molar-refractivity contribution >= 4 is 18.5 Å². The van der Waals surface area contributed by atoms with Crippen LogP contribution >= 0.6 is 12.6 Å². The zero-order valence-corrected chi connectivity index (χ0v) is 9.00. The Morgan fingerprint density at radius 1 is 1.69 bits per heavy atom. The minimum atomic E-state index is -0.0374. The number of carbonyl (C=O) groups is 1. The summed E-state index contributed by atoms with van der Waals surface area (Å²) in [5.41, 5.74) is 0. The average molecular weight is 203 g/mol. The van der Waals surface area contributed by atoms with E-state index in [9.17, 15) is 4.79 Å². The van der Waals surface area contributed by atoms with Gasteiger partial charge in [-0.1, -0.05) is 13.8 Å². The topological polar surface area (TPSA) is 40.5 Å². The number of thiol groups is 1. The smallest absolute Gasteiger partial charge is 0.224 e. The second-order valence-corrected chi connectivity index (χ2v) is 4.63. The Morgan fingerprint density at radius 2 is 2.31 bits per heavy atom. The van der Waals surface area contributed by atoms with Crippen molar-refractivity contribution in [2.75, 3.05) is 13.2 Å². The first kappa shape index (κ1) is 10.9. The second-order valence-electron chi connectivity index (χ2n) is 3.90. The summed E-state index contributed by atoms with van der Waals surface area (Å²) in [6, 6.07) is -0.0374. The fourth-order valence-corrected chi connectivity index (χ4v) is 2.03. The molecule has 3 nitrogen and oxygen atoms in total. The minimum Gasteiger partial charge on any atom is -0.394 e. The molecule has 1 aliphatic rings. The van der Waals surface area contributed by atoms with Gasteiger partial charge in [0.1, 0.15) is 0 Å². The second kappa shape index (κ2) is 4.33. The third-order valence-electron chi connectivity index (χ3n) is 2.49. The van der Waals surface area contributed by atoms with E-state index in [1.807, 2.05) is 13.8 Å². The summed E-state index contributed by atoms with van der Waals surface area (Å²) < 4.78 is 0. The molecule has 76 valence electrons. The normalized spacial score (nSPS) is 25.8. The van der Waals surface area contributed by atoms with Gasteiger partial charge >= 0.3 is 0 Å². The molecule has 0 radical (unpaired) electrons. The Bertz CT molecular complexity index is 196. The van der Waals surface area contributed by atoms with Crippen molar-refractivity contribution in [1.82, 2.24) is 4.90 Å². The standard InChI is InChI=1S/C9H17NO2S/c1-6(2)8(5-11)10-4-7(13)3-9(10)12/h6-8,11,13H,3-5H2,1-2H3/t7?,8-/m1/s1. The summed E-state index contributed by atoms with van der Waals surface area (Å²) in [7, 11) is 0. The third-order valence-corrected chi connectivity index (χ3v) is 2.84. The van der Waals surface area contributed by atoms with Crippen LogP contribution < -0.4 is 0 Å². The number of rotatable bonds is 3. The fraction of sp³-hybridized carbons (Fsp3) is 0.889. The summed E-state index contributed by atoms with van der Waals surface area (Å²) >= 11 is 4.27. The maximum absolute atomic E-state index is 11.5. The van der Waals surface area contributed by atoms with Crippen molar-refractivity contribution in [3.05, 3.63) is 0 Å². The highest BCUT2D eigenvalue weighted by Crippen LogP contribution is 2.21. The molecule has 0 aliphatic carbocycles. The average Bonchev–Trinajstić information content (AvgIpc) is 2.31. The molecule has 0 bridgehead atoms. The molecule has 0 aromatic rings. The molecular formula is C9H17NO2S. The lowest BCUT2D eigenvalue weighted by atomic mass is 10.0. The molecule has 2 atom stereocenters. The van der Waals surface area contributed by atoms with Gasteiger partial charge in [0.2, 0.25) is 5.91 Å². The SMILES string of the molecule is CC(C)[C@@H](CO)N1CC(S)CC1=O. The molecule has 0 aromatic carbocycles. The van der Waals surface area contributed by atoms with E-state index in [0.29, 0.717) is 18.9 Å². The van der Waals surface area contributed by atoms with Crippen LogP contribution in [0.2, 0.25) is 0 Å². The highest BCUT2D eigenvalue weighted by molar-refractivity contribution is 7.81. The van der Waals surface area contributed by atoms with Gasteiger partial charge in [0.15, 0.2) is 0 Å². The van der Waals surface area contributed by atoms with Crippen molar-refractivity contribution in [1.29, 1.82) is 0 Å². The quantitative estimate of drug-likeness (QED) is 0.657. The first-order chi connectivity index (χ1) is 6.06. The molecule has 1 aliphatic heterocycles. The predicted octanol–water partition coefficient (Wildman–Crippen LogP) is 0.534. The minimum absolute atomic E-state index is 0.0374. The van der Waals surface area contributed by atoms with Gasteiger partial charge < -0.3 is 10.0 Å². The Kier molecular flexibility index (Phi) is 3.62. The van der Waals surface area contributed by atoms with Crippen LogP contribution in [0.3, 0.4) is 0 Å². The number of aliphatic hydroxyl groups is 1. The van der Waals surface area contributed by atoms with Crippen LogP contribution in [-0.2, 0) is 4.79 Å². The molecule has 4 heteroatoms. The lowest BCUT2D eigenvalue weighted by molar-refractivity contribution is -0.131. The van der Waals surface area contributed by atoms with E-state index in [1.54, 1.807) is 4.90 Å². The molecule has 13 heavy (non-hydrogen) atoms. The molecule has 1 rings (SSSR count). The Balaban J connectivity index is 2.64. The van der Waals surface area contributed by atoms with Gasteiger partial charge in [-0.2, -0.15) is 12.6 Å². The summed E-state index contributed by atoms with van der Waals surface area (Å²) in [4.78, 5) is 13.2. The zero-order chi connectivity index (χ0) is 10.0. The van der Waals surface area contributed by atoms with Crippen LogP contribution in [0.4, 0.5) is 0 Å². The summed E-state index contributed by atoms with van der Waals surface area (Å²) in [6.45, 7) is 4.75. The van der Waals surface area contributed by atoms with Crippen LogP contribution in [0, 0.1) is 5.92 Å². The molecule has 1 fully saturated rings. The molecular weight excluding hydrogens is 186 g/mol. The molecule has 1 heterocycles. The van der Waals surface area contributed by atoms with Crippen LogP contribution in [-0.4, -0.2) is 40.4 Å². The molecule has 0 aromatic heterocycles. The van der Waals surface area contributed by atoms with Crippen LogP contribution in [0.5, 0.6) is 0 Å². The molecule has 1 amide bonds. The van der Waals surface area contributed by atoms with Crippen molar-refractivity contribution in [2.45, 2.75) is 31.6 Å². The molecule has 0 spiro atoms. The largest absolute Gasteiger partial charge is 0.394 e. The van der Waals surface area contributed by atoms with E-state index < -0.39 is 0 Å². The number of likely N-dealkylation sites (tertiary alicyclic amines) is 1. The maximum Gasteiger partial charge on any atom is 0.224 e. The van der Waals surface area contributed by atoms with Crippen LogP contribution in [0.1, 0.15) is 20.3 Å². The number of hydrogen-bond donors (Lipinski definition) is 2. The molecule has 1 saturated heterocycles. The van der Waals surface area contributed by atoms with Crippen LogP contribution in [0.25, 0.3) is 0 Å². The Labute approximate surface area is 84.5 Å². The molecule has 0 saturated carbocycles. The van der Waals surface area contributed by atoms with Gasteiger partial charge in [-0.05, 0) is 5.92 Å². The van der Waals surface area contributed by atoms with Crippen LogP contribution in [0.15, 0.2) is 0 Å². The summed E-state index contributed by atoms with van der Waals surface area (Å²) in [6.07, 6.45) is 0.506. The highest BCUT2D eigenvalue weighted by atomic mass is 32.1. The first-order valence-electron chi connectivity index (χ1n) is 4.64. The zero-order valence-electron chi connectivity index (χ0n) is 8.10. The predicted molar refractivity (Wildman–Crippen MR) is 54.8 cm³/mol. The lowest BCUT2D eigenvalue weighted by Crippen LogP contribution is -2.42. The number of nitrogens with zero attached hydrogens (tertiary/aromatic N) is 1. The Hall–Kier alpha value is -0.220. The summed E-state index contributed by atoms with van der Waals surface area (Å²) in [5, 5.41) is 9.28. The van der Waals surface area contributed by atoms with E-state index in [0.717, 1.165) is 0 Å². The summed E-state index contributed by atoms with van der Waals surface area (Å²) in [5.74, 6) is 0.417. The van der Waals surface area contributed by atoms with Crippen molar-refractivity contribution in [3.8, 4) is 0 Å². The van der Waals surface area contributed by atoms with E-state index in [4.69, 9.17) is 5.11 Å². The monoisotopic (exact) mass is 203 g/mol. The lowest BCUT2D eigenvalue weighted by Gasteiger charge is -2.29. The molecule has 1 unspecified atom stereocenters. The third kappa shape index (κ3) is 2.38. The van der Waals surface area contributed by atoms with E-state index in [-0.39, 0.29) is 23.8 Å². The Morgan fingerprint density at radius 3 is 2.62 bits per heavy atom. The van der Waals surface area contributed by atoms with Gasteiger partial charge in [-0.15, -0.1) is 0 Å². The van der Waals surface area contributed by atoms with E-state index in [1.165, 1.54) is 0 Å². The van der Waals surface area contributed by atoms with Crippen molar-refractivity contribution in [3.63, 3.8) is 0 Å². The number of aliphatic hydroxyl groups excluding tert-OH is 1. The van der Waals surface area contributed by atoms with Gasteiger partial charge in [-0.25, -0.2) is 0 Å². The van der Waals surface area contributed by atoms with Crippen molar-refractivity contribution in [2.24, 2.45) is 5.92 Å². The molecule has 1 N–H and O–H groups in total. The fourth-order valence-electron chi connectivity index (χ4n) is 1.70.